The lowest BCUT2D eigenvalue weighted by Gasteiger charge is -2.21. The van der Waals surface area contributed by atoms with Crippen molar-refractivity contribution in [3.8, 4) is 5.75 Å². The van der Waals surface area contributed by atoms with Crippen LogP contribution in [0.3, 0.4) is 0 Å². The van der Waals surface area contributed by atoms with Crippen molar-refractivity contribution in [2.75, 3.05) is 18.9 Å². The number of fused-ring (bicyclic) bond motifs is 1. The van der Waals surface area contributed by atoms with Gasteiger partial charge in [0.1, 0.15) is 10.6 Å². The van der Waals surface area contributed by atoms with E-state index in [4.69, 9.17) is 10.5 Å². The normalized spacial score (nSPS) is 16.3. The average molecular weight is 298 g/mol. The smallest absolute Gasteiger partial charge is 0.244 e. The van der Waals surface area contributed by atoms with Gasteiger partial charge in [-0.1, -0.05) is 20.3 Å². The number of ether oxygens (including phenoxy) is 1. The molecule has 1 aliphatic heterocycles. The van der Waals surface area contributed by atoms with E-state index in [9.17, 15) is 8.42 Å². The quantitative estimate of drug-likeness (QED) is 0.814. The topological polar surface area (TPSA) is 81.4 Å². The minimum absolute atomic E-state index is 0.163. The summed E-state index contributed by atoms with van der Waals surface area (Å²) < 4.78 is 33.1. The van der Waals surface area contributed by atoms with Crippen molar-refractivity contribution < 1.29 is 13.2 Å². The second kappa shape index (κ2) is 6.01. The molecule has 0 amide bonds. The van der Waals surface area contributed by atoms with Crippen molar-refractivity contribution in [2.24, 2.45) is 5.92 Å². The van der Waals surface area contributed by atoms with Crippen LogP contribution in [0.2, 0.25) is 0 Å². The maximum absolute atomic E-state index is 12.4. The first kappa shape index (κ1) is 15.1. The molecule has 20 heavy (non-hydrogen) atoms. The van der Waals surface area contributed by atoms with Crippen molar-refractivity contribution in [2.45, 2.75) is 38.0 Å². The molecule has 0 aromatic heterocycles. The third kappa shape index (κ3) is 3.24. The summed E-state index contributed by atoms with van der Waals surface area (Å²) in [5, 5.41) is 0. The molecule has 0 spiro atoms. The fraction of sp³-hybridized carbons (Fsp3) is 0.571. The Kier molecular flexibility index (Phi) is 4.55. The molecule has 3 N–H and O–H groups in total. The Balaban J connectivity index is 2.33. The maximum atomic E-state index is 12.4. The standard InChI is InChI=1S/C14H22N2O3S/c1-3-10(2)9-16-20(17,18)13-8-12(15)7-11-5-4-6-19-14(11)13/h7-8,10,16H,3-6,9,15H2,1-2H3. The zero-order chi connectivity index (χ0) is 14.8. The van der Waals surface area contributed by atoms with Gasteiger partial charge in [0.05, 0.1) is 6.61 Å². The number of rotatable bonds is 5. The molecule has 1 aromatic carbocycles. The van der Waals surface area contributed by atoms with Gasteiger partial charge in [-0.3, -0.25) is 0 Å². The first-order valence-corrected chi connectivity index (χ1v) is 8.47. The molecule has 0 fully saturated rings. The van der Waals surface area contributed by atoms with E-state index >= 15 is 0 Å². The van der Waals surface area contributed by atoms with E-state index in [2.05, 4.69) is 4.72 Å². The highest BCUT2D eigenvalue weighted by Crippen LogP contribution is 2.34. The van der Waals surface area contributed by atoms with E-state index in [1.807, 2.05) is 13.8 Å². The number of nitrogens with two attached hydrogens (primary N) is 1. The predicted octanol–water partition coefficient (Wildman–Crippen LogP) is 1.92. The number of aryl methyl sites for hydroxylation is 1. The molecule has 0 bridgehead atoms. The minimum Gasteiger partial charge on any atom is -0.492 e. The Labute approximate surface area is 120 Å². The molecule has 0 saturated heterocycles. The predicted molar refractivity (Wildman–Crippen MR) is 79.3 cm³/mol. The van der Waals surface area contributed by atoms with Gasteiger partial charge < -0.3 is 10.5 Å². The average Bonchev–Trinajstić information content (AvgIpc) is 2.43. The molecular weight excluding hydrogens is 276 g/mol. The van der Waals surface area contributed by atoms with E-state index in [1.165, 1.54) is 6.07 Å². The van der Waals surface area contributed by atoms with Gasteiger partial charge in [0.2, 0.25) is 10.0 Å². The zero-order valence-electron chi connectivity index (χ0n) is 12.0. The molecule has 0 aliphatic carbocycles. The van der Waals surface area contributed by atoms with Gasteiger partial charge in [0.25, 0.3) is 0 Å². The minimum atomic E-state index is -3.58. The highest BCUT2D eigenvalue weighted by atomic mass is 32.2. The lowest BCUT2D eigenvalue weighted by atomic mass is 10.1. The van der Waals surface area contributed by atoms with Crippen LogP contribution in [0.5, 0.6) is 5.75 Å². The van der Waals surface area contributed by atoms with Crippen LogP contribution in [0.25, 0.3) is 0 Å². The van der Waals surface area contributed by atoms with E-state index in [-0.39, 0.29) is 4.90 Å². The summed E-state index contributed by atoms with van der Waals surface area (Å²) in [5.74, 6) is 0.754. The summed E-state index contributed by atoms with van der Waals surface area (Å²) in [6, 6.07) is 3.27. The monoisotopic (exact) mass is 298 g/mol. The molecule has 1 aromatic rings. The highest BCUT2D eigenvalue weighted by Gasteiger charge is 2.25. The Morgan fingerprint density at radius 3 is 2.90 bits per heavy atom. The second-order valence-electron chi connectivity index (χ2n) is 5.32. The molecule has 1 atom stereocenters. The summed E-state index contributed by atoms with van der Waals surface area (Å²) in [5.41, 5.74) is 7.15. The first-order valence-electron chi connectivity index (χ1n) is 6.99. The summed E-state index contributed by atoms with van der Waals surface area (Å²) >= 11 is 0. The molecular formula is C14H22N2O3S. The van der Waals surface area contributed by atoms with Crippen molar-refractivity contribution in [1.29, 1.82) is 0 Å². The van der Waals surface area contributed by atoms with Crippen molar-refractivity contribution >= 4 is 15.7 Å². The number of anilines is 1. The molecule has 0 saturated carbocycles. The third-order valence-corrected chi connectivity index (χ3v) is 5.03. The van der Waals surface area contributed by atoms with Crippen LogP contribution in [-0.2, 0) is 16.4 Å². The van der Waals surface area contributed by atoms with E-state index in [0.29, 0.717) is 30.5 Å². The van der Waals surface area contributed by atoms with Gasteiger partial charge in [0.15, 0.2) is 0 Å². The molecule has 6 heteroatoms. The van der Waals surface area contributed by atoms with Crippen LogP contribution < -0.4 is 15.2 Å². The number of hydrogen-bond acceptors (Lipinski definition) is 4. The molecule has 1 unspecified atom stereocenters. The van der Waals surface area contributed by atoms with Crippen molar-refractivity contribution in [3.05, 3.63) is 17.7 Å². The Morgan fingerprint density at radius 2 is 2.20 bits per heavy atom. The van der Waals surface area contributed by atoms with Crippen molar-refractivity contribution in [1.82, 2.24) is 4.72 Å². The van der Waals surface area contributed by atoms with Gasteiger partial charge in [0, 0.05) is 12.2 Å². The van der Waals surface area contributed by atoms with E-state index in [0.717, 1.165) is 24.8 Å². The SMILES string of the molecule is CCC(C)CNS(=O)(=O)c1cc(N)cc2c1OCCC2. The van der Waals surface area contributed by atoms with Gasteiger partial charge in [-0.25, -0.2) is 13.1 Å². The number of benzene rings is 1. The number of hydrogen-bond donors (Lipinski definition) is 2. The largest absolute Gasteiger partial charge is 0.492 e. The summed E-state index contributed by atoms with van der Waals surface area (Å²) in [7, 11) is -3.58. The summed E-state index contributed by atoms with van der Waals surface area (Å²) in [6.45, 7) is 5.01. The molecule has 2 rings (SSSR count). The lowest BCUT2D eigenvalue weighted by Crippen LogP contribution is -2.29. The Morgan fingerprint density at radius 1 is 1.45 bits per heavy atom. The number of nitrogen functional groups attached to an aromatic ring is 1. The van der Waals surface area contributed by atoms with Gasteiger partial charge in [-0.05, 0) is 36.5 Å². The first-order chi connectivity index (χ1) is 9.44. The van der Waals surface area contributed by atoms with Crippen LogP contribution in [0.1, 0.15) is 32.3 Å². The van der Waals surface area contributed by atoms with Crippen LogP contribution in [0.15, 0.2) is 17.0 Å². The maximum Gasteiger partial charge on any atom is 0.244 e. The van der Waals surface area contributed by atoms with E-state index in [1.54, 1.807) is 6.07 Å². The third-order valence-electron chi connectivity index (χ3n) is 3.60. The zero-order valence-corrected chi connectivity index (χ0v) is 12.8. The van der Waals surface area contributed by atoms with Gasteiger partial charge in [-0.2, -0.15) is 0 Å². The van der Waals surface area contributed by atoms with Crippen molar-refractivity contribution in [3.63, 3.8) is 0 Å². The van der Waals surface area contributed by atoms with Crippen LogP contribution in [0, 0.1) is 5.92 Å². The van der Waals surface area contributed by atoms with Crippen LogP contribution >= 0.6 is 0 Å². The lowest BCUT2D eigenvalue weighted by molar-refractivity contribution is 0.280. The molecule has 5 nitrogen and oxygen atoms in total. The number of sulfonamides is 1. The van der Waals surface area contributed by atoms with Gasteiger partial charge >= 0.3 is 0 Å². The fourth-order valence-electron chi connectivity index (χ4n) is 2.14. The van der Waals surface area contributed by atoms with E-state index < -0.39 is 10.0 Å². The van der Waals surface area contributed by atoms with Crippen LogP contribution in [-0.4, -0.2) is 21.6 Å². The van der Waals surface area contributed by atoms with Gasteiger partial charge in [-0.15, -0.1) is 0 Å². The summed E-state index contributed by atoms with van der Waals surface area (Å²) in [6.07, 6.45) is 2.61. The Bertz CT molecular complexity index is 584. The summed E-state index contributed by atoms with van der Waals surface area (Å²) in [4.78, 5) is 0.163. The second-order valence-corrected chi connectivity index (χ2v) is 7.06. The Hall–Kier alpha value is -1.27. The number of nitrogens with one attached hydrogen (secondary N) is 1. The highest BCUT2D eigenvalue weighted by molar-refractivity contribution is 7.89. The van der Waals surface area contributed by atoms with Crippen LogP contribution in [0.4, 0.5) is 5.69 Å². The molecule has 1 heterocycles. The fourth-order valence-corrected chi connectivity index (χ4v) is 3.53. The molecule has 0 radical (unpaired) electrons. The molecule has 112 valence electrons. The molecule has 1 aliphatic rings.